The number of likely N-dealkylation sites (N-methyl/N-ethyl adjacent to an activating group) is 1. The third kappa shape index (κ3) is 3.93. The highest BCUT2D eigenvalue weighted by Crippen LogP contribution is 2.31. The van der Waals surface area contributed by atoms with Gasteiger partial charge in [-0.3, -0.25) is 4.72 Å². The molecule has 2 aromatic rings. The van der Waals surface area contributed by atoms with Crippen molar-refractivity contribution in [3.05, 3.63) is 53.8 Å². The molecule has 0 amide bonds. The number of para-hydroxylation sites is 1. The van der Waals surface area contributed by atoms with Crippen LogP contribution < -0.4 is 9.62 Å². The van der Waals surface area contributed by atoms with Crippen LogP contribution in [-0.2, 0) is 10.0 Å². The van der Waals surface area contributed by atoms with Gasteiger partial charge >= 0.3 is 0 Å². The fourth-order valence-electron chi connectivity index (χ4n) is 2.84. The van der Waals surface area contributed by atoms with Crippen LogP contribution in [0.3, 0.4) is 0 Å². The van der Waals surface area contributed by atoms with Gasteiger partial charge in [-0.1, -0.05) is 23.8 Å². The molecule has 0 aromatic heterocycles. The molecule has 7 heteroatoms. The van der Waals surface area contributed by atoms with Gasteiger partial charge in [-0.05, 0) is 38.2 Å². The lowest BCUT2D eigenvalue weighted by atomic mass is 10.2. The highest BCUT2D eigenvalue weighted by molar-refractivity contribution is 7.92. The minimum atomic E-state index is -3.85. The number of nitrogens with one attached hydrogen (secondary N) is 1. The minimum absolute atomic E-state index is 0.00706. The lowest BCUT2D eigenvalue weighted by molar-refractivity contribution is 0.313. The predicted octanol–water partition coefficient (Wildman–Crippen LogP) is 2.69. The number of piperazine rings is 1. The summed E-state index contributed by atoms with van der Waals surface area (Å²) in [6.07, 6.45) is 0. The molecule has 0 radical (unpaired) electrons. The first-order valence-electron chi connectivity index (χ1n) is 8.18. The maximum Gasteiger partial charge on any atom is 0.262 e. The summed E-state index contributed by atoms with van der Waals surface area (Å²) in [6, 6.07) is 11.1. The number of hydrogen-bond acceptors (Lipinski definition) is 4. The van der Waals surface area contributed by atoms with Gasteiger partial charge in [0.25, 0.3) is 10.0 Å². The van der Waals surface area contributed by atoms with Crippen LogP contribution in [0.25, 0.3) is 0 Å². The first-order chi connectivity index (χ1) is 11.9. The molecule has 1 aliphatic rings. The van der Waals surface area contributed by atoms with Crippen molar-refractivity contribution in [3.63, 3.8) is 0 Å². The second-order valence-corrected chi connectivity index (χ2v) is 8.03. The van der Waals surface area contributed by atoms with E-state index >= 15 is 0 Å². The third-order valence-corrected chi connectivity index (χ3v) is 5.77. The lowest BCUT2D eigenvalue weighted by Crippen LogP contribution is -2.44. The molecule has 25 heavy (non-hydrogen) atoms. The summed E-state index contributed by atoms with van der Waals surface area (Å²) in [5.74, 6) is -0.577. The van der Waals surface area contributed by atoms with Crippen LogP contribution in [0, 0.1) is 12.7 Å². The van der Waals surface area contributed by atoms with Crippen molar-refractivity contribution in [2.75, 3.05) is 42.8 Å². The van der Waals surface area contributed by atoms with Gasteiger partial charge in [0.05, 0.1) is 10.6 Å². The first kappa shape index (κ1) is 17.7. The zero-order chi connectivity index (χ0) is 18.0. The van der Waals surface area contributed by atoms with E-state index in [1.165, 1.54) is 18.2 Å². The van der Waals surface area contributed by atoms with E-state index in [9.17, 15) is 12.8 Å². The van der Waals surface area contributed by atoms with E-state index in [1.54, 1.807) is 24.3 Å². The standard InChI is InChI=1S/C18H22FN3O2S/c1-14-6-8-15(9-7-14)25(23,24)20-18-16(19)4-3-5-17(18)22-12-10-21(2)11-13-22/h3-9,20H,10-13H2,1-2H3. The number of nitrogens with zero attached hydrogens (tertiary/aromatic N) is 2. The lowest BCUT2D eigenvalue weighted by Gasteiger charge is -2.35. The normalized spacial score (nSPS) is 16.0. The zero-order valence-electron chi connectivity index (χ0n) is 14.4. The molecule has 0 spiro atoms. The van der Waals surface area contributed by atoms with Crippen molar-refractivity contribution in [2.24, 2.45) is 0 Å². The fourth-order valence-corrected chi connectivity index (χ4v) is 3.92. The van der Waals surface area contributed by atoms with Gasteiger partial charge in [-0.15, -0.1) is 0 Å². The van der Waals surface area contributed by atoms with Crippen LogP contribution in [0.1, 0.15) is 5.56 Å². The molecule has 3 rings (SSSR count). The van der Waals surface area contributed by atoms with E-state index in [1.807, 2.05) is 18.9 Å². The number of halogens is 1. The number of rotatable bonds is 4. The Balaban J connectivity index is 1.93. The number of aryl methyl sites for hydroxylation is 1. The maximum absolute atomic E-state index is 14.4. The van der Waals surface area contributed by atoms with Gasteiger partial charge in [0, 0.05) is 26.2 Å². The highest BCUT2D eigenvalue weighted by Gasteiger charge is 2.23. The molecule has 1 fully saturated rings. The second-order valence-electron chi connectivity index (χ2n) is 6.34. The number of sulfonamides is 1. The summed E-state index contributed by atoms with van der Waals surface area (Å²) in [5, 5.41) is 0. The van der Waals surface area contributed by atoms with Gasteiger partial charge < -0.3 is 9.80 Å². The Morgan fingerprint density at radius 3 is 2.28 bits per heavy atom. The van der Waals surface area contributed by atoms with E-state index in [-0.39, 0.29) is 10.6 Å². The van der Waals surface area contributed by atoms with Crippen LogP contribution in [0.5, 0.6) is 0 Å². The Morgan fingerprint density at radius 1 is 1.00 bits per heavy atom. The van der Waals surface area contributed by atoms with E-state index in [4.69, 9.17) is 0 Å². The van der Waals surface area contributed by atoms with E-state index < -0.39 is 15.8 Å². The van der Waals surface area contributed by atoms with Crippen molar-refractivity contribution >= 4 is 21.4 Å². The Kier molecular flexibility index (Phi) is 4.96. The van der Waals surface area contributed by atoms with Gasteiger partial charge in [0.1, 0.15) is 11.5 Å². The molecule has 1 heterocycles. The van der Waals surface area contributed by atoms with Crippen LogP contribution in [0.4, 0.5) is 15.8 Å². The predicted molar refractivity (Wildman–Crippen MR) is 98.1 cm³/mol. The van der Waals surface area contributed by atoms with Crippen LogP contribution >= 0.6 is 0 Å². The summed E-state index contributed by atoms with van der Waals surface area (Å²) in [6.45, 7) is 5.02. The van der Waals surface area contributed by atoms with E-state index in [2.05, 4.69) is 9.62 Å². The summed E-state index contributed by atoms with van der Waals surface area (Å²) < 4.78 is 42.2. The molecular formula is C18H22FN3O2S. The molecule has 1 saturated heterocycles. The Labute approximate surface area is 148 Å². The molecule has 0 bridgehead atoms. The number of hydrogen-bond donors (Lipinski definition) is 1. The summed E-state index contributed by atoms with van der Waals surface area (Å²) >= 11 is 0. The number of benzene rings is 2. The fraction of sp³-hybridized carbons (Fsp3) is 0.333. The maximum atomic E-state index is 14.4. The van der Waals surface area contributed by atoms with Crippen molar-refractivity contribution < 1.29 is 12.8 Å². The Morgan fingerprint density at radius 2 is 1.64 bits per heavy atom. The van der Waals surface area contributed by atoms with Crippen molar-refractivity contribution in [1.29, 1.82) is 0 Å². The molecular weight excluding hydrogens is 341 g/mol. The second kappa shape index (κ2) is 7.01. The van der Waals surface area contributed by atoms with E-state index in [0.29, 0.717) is 5.69 Å². The summed E-state index contributed by atoms with van der Waals surface area (Å²) in [5.41, 5.74) is 1.54. The van der Waals surface area contributed by atoms with Crippen LogP contribution in [-0.4, -0.2) is 46.5 Å². The molecule has 0 saturated carbocycles. The van der Waals surface area contributed by atoms with Gasteiger partial charge in [-0.2, -0.15) is 0 Å². The van der Waals surface area contributed by atoms with E-state index in [0.717, 1.165) is 31.7 Å². The highest BCUT2D eigenvalue weighted by atomic mass is 32.2. The third-order valence-electron chi connectivity index (χ3n) is 4.40. The average Bonchev–Trinajstić information content (AvgIpc) is 2.58. The molecule has 1 N–H and O–H groups in total. The summed E-state index contributed by atoms with van der Waals surface area (Å²) in [7, 11) is -1.82. The van der Waals surface area contributed by atoms with Gasteiger partial charge in [-0.25, -0.2) is 12.8 Å². The quantitative estimate of drug-likeness (QED) is 0.907. The molecule has 1 aliphatic heterocycles. The molecule has 134 valence electrons. The Hall–Kier alpha value is -2.12. The van der Waals surface area contributed by atoms with Crippen molar-refractivity contribution in [1.82, 2.24) is 4.90 Å². The Bertz CT molecular complexity index is 845. The SMILES string of the molecule is Cc1ccc(S(=O)(=O)Nc2c(F)cccc2N2CCN(C)CC2)cc1. The smallest absolute Gasteiger partial charge is 0.262 e. The van der Waals surface area contributed by atoms with Crippen molar-refractivity contribution in [3.8, 4) is 0 Å². The van der Waals surface area contributed by atoms with Crippen LogP contribution in [0.2, 0.25) is 0 Å². The molecule has 0 atom stereocenters. The molecule has 0 aliphatic carbocycles. The first-order valence-corrected chi connectivity index (χ1v) is 9.66. The topological polar surface area (TPSA) is 52.7 Å². The zero-order valence-corrected chi connectivity index (χ0v) is 15.2. The molecule has 2 aromatic carbocycles. The van der Waals surface area contributed by atoms with Crippen LogP contribution in [0.15, 0.2) is 47.4 Å². The largest absolute Gasteiger partial charge is 0.367 e. The number of anilines is 2. The van der Waals surface area contributed by atoms with Gasteiger partial charge in [0.2, 0.25) is 0 Å². The summed E-state index contributed by atoms with van der Waals surface area (Å²) in [4.78, 5) is 4.31. The minimum Gasteiger partial charge on any atom is -0.367 e. The molecule has 0 unspecified atom stereocenters. The molecule has 5 nitrogen and oxygen atoms in total. The van der Waals surface area contributed by atoms with Crippen molar-refractivity contribution in [2.45, 2.75) is 11.8 Å². The average molecular weight is 363 g/mol. The van der Waals surface area contributed by atoms with Gasteiger partial charge in [0.15, 0.2) is 0 Å². The monoisotopic (exact) mass is 363 g/mol.